The van der Waals surface area contributed by atoms with Crippen LogP contribution in [0.15, 0.2) is 42.6 Å². The fourth-order valence-corrected chi connectivity index (χ4v) is 5.28. The molecular formula is C29H34FN5O4. The van der Waals surface area contributed by atoms with Crippen LogP contribution in [0, 0.1) is 11.7 Å². The Kier molecular flexibility index (Phi) is 7.65. The summed E-state index contributed by atoms with van der Waals surface area (Å²) >= 11 is 0. The highest BCUT2D eigenvalue weighted by Gasteiger charge is 2.36. The summed E-state index contributed by atoms with van der Waals surface area (Å²) in [6.45, 7) is 6.36. The van der Waals surface area contributed by atoms with Crippen molar-refractivity contribution < 1.29 is 23.5 Å². The first-order chi connectivity index (χ1) is 18.7. The highest BCUT2D eigenvalue weighted by atomic mass is 19.1. The van der Waals surface area contributed by atoms with Gasteiger partial charge in [-0.15, -0.1) is 0 Å². The van der Waals surface area contributed by atoms with E-state index in [1.807, 2.05) is 30.3 Å². The lowest BCUT2D eigenvalue weighted by Crippen LogP contribution is -2.57. The Morgan fingerprint density at radius 3 is 2.51 bits per heavy atom. The van der Waals surface area contributed by atoms with Crippen LogP contribution in [0.3, 0.4) is 0 Å². The minimum absolute atomic E-state index is 0.0862. The first-order valence-corrected chi connectivity index (χ1v) is 13.4. The second-order valence-corrected chi connectivity index (χ2v) is 10.9. The predicted molar refractivity (Wildman–Crippen MR) is 144 cm³/mol. The zero-order chi connectivity index (χ0) is 27.6. The minimum atomic E-state index is -0.985. The number of urea groups is 1. The minimum Gasteiger partial charge on any atom is -0.381 e. The van der Waals surface area contributed by atoms with E-state index in [1.165, 1.54) is 12.3 Å². The number of pyridine rings is 1. The summed E-state index contributed by atoms with van der Waals surface area (Å²) in [4.78, 5) is 46.0. The fourth-order valence-electron chi connectivity index (χ4n) is 5.28. The van der Waals surface area contributed by atoms with Crippen LogP contribution in [0.25, 0.3) is 5.57 Å². The number of rotatable bonds is 5. The number of aromatic nitrogens is 1. The van der Waals surface area contributed by atoms with Gasteiger partial charge in [-0.3, -0.25) is 14.6 Å². The van der Waals surface area contributed by atoms with E-state index in [4.69, 9.17) is 4.74 Å². The Bertz CT molecular complexity index is 1290. The summed E-state index contributed by atoms with van der Waals surface area (Å²) in [7, 11) is 0. The van der Waals surface area contributed by atoms with Crippen molar-refractivity contribution in [2.24, 2.45) is 5.92 Å². The molecule has 1 aromatic heterocycles. The lowest BCUT2D eigenvalue weighted by atomic mass is 9.94. The van der Waals surface area contributed by atoms with Gasteiger partial charge in [0.1, 0.15) is 11.4 Å². The molecule has 1 fully saturated rings. The van der Waals surface area contributed by atoms with Gasteiger partial charge < -0.3 is 25.2 Å². The van der Waals surface area contributed by atoms with Crippen LogP contribution in [0.1, 0.15) is 49.9 Å². The number of halogens is 1. The second kappa shape index (κ2) is 11.1. The summed E-state index contributed by atoms with van der Waals surface area (Å²) < 4.78 is 18.8. The first-order valence-electron chi connectivity index (χ1n) is 13.4. The number of nitrogens with one attached hydrogen (secondary N) is 2. The summed E-state index contributed by atoms with van der Waals surface area (Å²) in [6, 6.07) is 8.75. The Labute approximate surface area is 227 Å². The van der Waals surface area contributed by atoms with Crippen LogP contribution in [-0.2, 0) is 27.4 Å². The first kappa shape index (κ1) is 26.8. The van der Waals surface area contributed by atoms with Crippen molar-refractivity contribution in [2.45, 2.75) is 51.7 Å². The van der Waals surface area contributed by atoms with Gasteiger partial charge in [0.05, 0.1) is 18.4 Å². The molecule has 39 heavy (non-hydrogen) atoms. The Morgan fingerprint density at radius 1 is 1.08 bits per heavy atom. The van der Waals surface area contributed by atoms with E-state index in [-0.39, 0.29) is 23.8 Å². The number of anilines is 1. The van der Waals surface area contributed by atoms with Crippen molar-refractivity contribution in [3.63, 3.8) is 0 Å². The summed E-state index contributed by atoms with van der Waals surface area (Å²) in [5.74, 6) is -0.702. The summed E-state index contributed by atoms with van der Waals surface area (Å²) in [5.41, 5.74) is 3.27. The fraction of sp³-hybridized carbons (Fsp3) is 0.448. The number of hydrogen-bond donors (Lipinski definition) is 2. The number of amides is 4. The van der Waals surface area contributed by atoms with Gasteiger partial charge in [-0.05, 0) is 68.0 Å². The average Bonchev–Trinajstić information content (AvgIpc) is 3.37. The molecule has 0 radical (unpaired) electrons. The molecule has 1 saturated heterocycles. The van der Waals surface area contributed by atoms with Crippen LogP contribution in [0.2, 0.25) is 0 Å². The third kappa shape index (κ3) is 6.11. The van der Waals surface area contributed by atoms with Gasteiger partial charge in [-0.25, -0.2) is 9.18 Å². The van der Waals surface area contributed by atoms with Gasteiger partial charge in [0.25, 0.3) is 0 Å². The van der Waals surface area contributed by atoms with Crippen molar-refractivity contribution in [2.75, 3.05) is 31.6 Å². The van der Waals surface area contributed by atoms with E-state index >= 15 is 0 Å². The van der Waals surface area contributed by atoms with E-state index < -0.39 is 11.4 Å². The molecule has 0 atom stereocenters. The molecule has 0 aliphatic carbocycles. The number of carbonyl (C=O) groups excluding carboxylic acids is 3. The van der Waals surface area contributed by atoms with Crippen LogP contribution in [0.4, 0.5) is 14.9 Å². The number of hydrogen-bond acceptors (Lipinski definition) is 5. The van der Waals surface area contributed by atoms with Crippen LogP contribution in [0.5, 0.6) is 0 Å². The molecule has 2 aromatic rings. The quantitative estimate of drug-likeness (QED) is 0.608. The molecule has 1 aromatic carbocycles. The van der Waals surface area contributed by atoms with Gasteiger partial charge in [0.15, 0.2) is 0 Å². The van der Waals surface area contributed by atoms with E-state index in [2.05, 4.69) is 15.6 Å². The van der Waals surface area contributed by atoms with Crippen molar-refractivity contribution in [3.8, 4) is 0 Å². The maximum atomic E-state index is 13.4. The number of benzene rings is 1. The molecule has 0 bridgehead atoms. The van der Waals surface area contributed by atoms with E-state index in [1.54, 1.807) is 23.6 Å². The average molecular weight is 536 g/mol. The lowest BCUT2D eigenvalue weighted by molar-refractivity contribution is -0.141. The molecule has 4 heterocycles. The molecular weight excluding hydrogens is 501 g/mol. The molecule has 4 amide bonds. The van der Waals surface area contributed by atoms with Gasteiger partial charge >= 0.3 is 6.03 Å². The zero-order valence-electron chi connectivity index (χ0n) is 22.3. The number of ether oxygens (including phenoxy) is 1. The number of fused-ring (bicyclic) bond motifs is 1. The van der Waals surface area contributed by atoms with Crippen molar-refractivity contribution in [3.05, 3.63) is 65.2 Å². The summed E-state index contributed by atoms with van der Waals surface area (Å²) in [5, 5.41) is 5.84. The number of nitrogens with zero attached hydrogens (tertiary/aromatic N) is 3. The largest absolute Gasteiger partial charge is 0.381 e. The monoisotopic (exact) mass is 535 g/mol. The standard InChI is InChI=1S/C29H34FN5O4/c1-29(2,33-26(36)21-9-13-39-14-10-21)27(37)34-11-7-20(8-12-34)19-3-5-24(6-4-19)32-28(38)35-17-22-15-23(30)16-31-25(22)18-35/h3-7,15-16,21H,8-14,17-18H2,1-2H3,(H,32,38)(H,33,36). The normalized spacial score (nSPS) is 17.9. The molecule has 0 saturated carbocycles. The zero-order valence-corrected chi connectivity index (χ0v) is 22.3. The molecule has 206 valence electrons. The number of carbonyl (C=O) groups is 3. The van der Waals surface area contributed by atoms with E-state index in [0.717, 1.165) is 16.7 Å². The SMILES string of the molecule is CC(C)(NC(=O)C1CCOCC1)C(=O)N1CC=C(c2ccc(NC(=O)N3Cc4cc(F)cnc4C3)cc2)CC1. The summed E-state index contributed by atoms with van der Waals surface area (Å²) in [6.07, 6.45) is 5.26. The maximum Gasteiger partial charge on any atom is 0.322 e. The Hall–Kier alpha value is -3.79. The molecule has 0 unspecified atom stereocenters. The predicted octanol–water partition coefficient (Wildman–Crippen LogP) is 3.71. The molecule has 3 aliphatic rings. The van der Waals surface area contributed by atoms with Crippen LogP contribution < -0.4 is 10.6 Å². The van der Waals surface area contributed by atoms with Crippen molar-refractivity contribution >= 4 is 29.1 Å². The maximum absolute atomic E-state index is 13.4. The second-order valence-electron chi connectivity index (χ2n) is 10.9. The topological polar surface area (TPSA) is 104 Å². The molecule has 3 aliphatic heterocycles. The van der Waals surface area contributed by atoms with E-state index in [9.17, 15) is 18.8 Å². The third-order valence-corrected chi connectivity index (χ3v) is 7.58. The molecule has 5 rings (SSSR count). The Balaban J connectivity index is 1.14. The molecule has 9 nitrogen and oxygen atoms in total. The smallest absolute Gasteiger partial charge is 0.322 e. The Morgan fingerprint density at radius 2 is 1.82 bits per heavy atom. The van der Waals surface area contributed by atoms with Crippen molar-refractivity contribution in [1.29, 1.82) is 0 Å². The van der Waals surface area contributed by atoms with Gasteiger partial charge in [0, 0.05) is 44.5 Å². The molecule has 2 N–H and O–H groups in total. The van der Waals surface area contributed by atoms with Gasteiger partial charge in [-0.1, -0.05) is 18.2 Å². The van der Waals surface area contributed by atoms with Crippen LogP contribution >= 0.6 is 0 Å². The lowest BCUT2D eigenvalue weighted by Gasteiger charge is -2.35. The van der Waals surface area contributed by atoms with Crippen LogP contribution in [-0.4, -0.2) is 64.5 Å². The highest BCUT2D eigenvalue weighted by molar-refractivity contribution is 5.92. The molecule has 0 spiro atoms. The third-order valence-electron chi connectivity index (χ3n) is 7.58. The van der Waals surface area contributed by atoms with Gasteiger partial charge in [-0.2, -0.15) is 0 Å². The van der Waals surface area contributed by atoms with Crippen molar-refractivity contribution in [1.82, 2.24) is 20.1 Å². The van der Waals surface area contributed by atoms with E-state index in [0.29, 0.717) is 70.0 Å². The highest BCUT2D eigenvalue weighted by Crippen LogP contribution is 2.27. The van der Waals surface area contributed by atoms with Gasteiger partial charge in [0.2, 0.25) is 11.8 Å². The molecule has 10 heteroatoms.